The molecule has 0 N–H and O–H groups in total. The van der Waals surface area contributed by atoms with Crippen LogP contribution in [0.15, 0.2) is 0 Å². The zero-order valence-corrected chi connectivity index (χ0v) is 9.46. The number of hydrogen-bond acceptors (Lipinski definition) is 0. The average molecular weight is 304 g/mol. The van der Waals surface area contributed by atoms with Crippen LogP contribution < -0.4 is 0 Å². The van der Waals surface area contributed by atoms with Crippen molar-refractivity contribution in [3.8, 4) is 0 Å². The van der Waals surface area contributed by atoms with E-state index in [0.717, 1.165) is 0 Å². The van der Waals surface area contributed by atoms with Crippen LogP contribution in [0.2, 0.25) is 0 Å². The molecule has 0 aromatic carbocycles. The normalized spacial score (nSPS) is 8.00. The summed E-state index contributed by atoms with van der Waals surface area (Å²) in [5, 5.41) is 0. The van der Waals surface area contributed by atoms with Gasteiger partial charge in [-0.1, -0.05) is 27.7 Å². The molecule has 0 aromatic rings. The van der Waals surface area contributed by atoms with Crippen molar-refractivity contribution in [3.05, 3.63) is 13.8 Å². The van der Waals surface area contributed by atoms with Gasteiger partial charge in [-0.15, -0.1) is 0 Å². The third-order valence-electron chi connectivity index (χ3n) is 0. The molecule has 0 amide bonds. The second kappa shape index (κ2) is 11.4. The van der Waals surface area contributed by atoms with E-state index in [9.17, 15) is 0 Å². The first-order valence-corrected chi connectivity index (χ1v) is 3.13. The van der Waals surface area contributed by atoms with Gasteiger partial charge in [-0.05, 0) is 0 Å². The van der Waals surface area contributed by atoms with Gasteiger partial charge in [0.05, 0.1) is 0 Å². The summed E-state index contributed by atoms with van der Waals surface area (Å²) in [6.45, 7) is 15.5. The fourth-order valence-electron chi connectivity index (χ4n) is 0. The van der Waals surface area contributed by atoms with Crippen LogP contribution in [0.3, 0.4) is 0 Å². The van der Waals surface area contributed by atoms with Gasteiger partial charge in [-0.2, -0.15) is 11.8 Å². The Morgan fingerprint density at radius 3 is 0.778 bits per heavy atom. The van der Waals surface area contributed by atoms with E-state index < -0.39 is 0 Å². The fraction of sp³-hybridized carbons (Fsp3) is 0.750. The van der Waals surface area contributed by atoms with Crippen LogP contribution in [0.5, 0.6) is 0 Å². The van der Waals surface area contributed by atoms with E-state index in [1.165, 1.54) is 0 Å². The minimum absolute atomic E-state index is 0. The molecule has 0 saturated carbocycles. The van der Waals surface area contributed by atoms with Crippen LogP contribution >= 0.6 is 0 Å². The molecule has 0 fully saturated rings. The minimum Gasteiger partial charge on any atom is -0.341 e. The summed E-state index contributed by atoms with van der Waals surface area (Å²) >= 11 is 0. The van der Waals surface area contributed by atoms with E-state index in [2.05, 4.69) is 41.5 Å². The van der Waals surface area contributed by atoms with Crippen molar-refractivity contribution in [1.29, 1.82) is 0 Å². The molecule has 0 aromatic heterocycles. The Hall–Kier alpha value is 0.636. The second-order valence-electron chi connectivity index (χ2n) is 2.79. The fourth-order valence-corrected chi connectivity index (χ4v) is 0. The Kier molecular flexibility index (Phi) is 20.7. The molecule has 0 heterocycles. The first kappa shape index (κ1) is 16.3. The predicted molar refractivity (Wildman–Crippen MR) is 40.4 cm³/mol. The largest absolute Gasteiger partial charge is 2.00 e. The molecule has 58 valence electrons. The van der Waals surface area contributed by atoms with Crippen LogP contribution in [0.25, 0.3) is 0 Å². The summed E-state index contributed by atoms with van der Waals surface area (Å²) in [5.74, 6) is 1.17. The molecule has 0 atom stereocenters. The molecule has 1 heteroatoms. The van der Waals surface area contributed by atoms with Gasteiger partial charge in [0.2, 0.25) is 0 Å². The molecule has 0 bridgehead atoms. The van der Waals surface area contributed by atoms with Crippen LogP contribution in [0, 0.1) is 25.7 Å². The van der Waals surface area contributed by atoms with E-state index >= 15 is 0 Å². The maximum absolute atomic E-state index is 3.64. The van der Waals surface area contributed by atoms with Crippen molar-refractivity contribution in [2.75, 3.05) is 0 Å². The van der Waals surface area contributed by atoms with Crippen molar-refractivity contribution >= 4 is 0 Å². The van der Waals surface area contributed by atoms with Gasteiger partial charge in [0.25, 0.3) is 0 Å². The Morgan fingerprint density at radius 2 is 0.778 bits per heavy atom. The summed E-state index contributed by atoms with van der Waals surface area (Å²) in [7, 11) is 0. The molecule has 0 spiro atoms. The standard InChI is InChI=1S/2C4H9.Os/c2*1-4(2)3;/h2*4H,1H2,2-3H3;/q2*-1;+2. The second-order valence-corrected chi connectivity index (χ2v) is 2.79. The van der Waals surface area contributed by atoms with Crippen molar-refractivity contribution in [3.63, 3.8) is 0 Å². The molecule has 0 rings (SSSR count). The Balaban J connectivity index is -0.0000000720. The van der Waals surface area contributed by atoms with Gasteiger partial charge in [-0.3, -0.25) is 0 Å². The van der Waals surface area contributed by atoms with E-state index in [4.69, 9.17) is 0 Å². The van der Waals surface area contributed by atoms with Gasteiger partial charge in [0, 0.05) is 0 Å². The zero-order valence-electron chi connectivity index (χ0n) is 6.92. The van der Waals surface area contributed by atoms with Gasteiger partial charge < -0.3 is 13.8 Å². The zero-order chi connectivity index (χ0) is 7.15. The molecule has 0 unspecified atom stereocenters. The minimum atomic E-state index is 0. The first-order chi connectivity index (χ1) is 3.46. The maximum atomic E-state index is 3.64. The maximum Gasteiger partial charge on any atom is 2.00 e. The molecule has 0 saturated heterocycles. The van der Waals surface area contributed by atoms with E-state index in [1.807, 2.05) is 0 Å². The third-order valence-corrected chi connectivity index (χ3v) is 0. The van der Waals surface area contributed by atoms with Gasteiger partial charge in [0.15, 0.2) is 0 Å². The van der Waals surface area contributed by atoms with Crippen molar-refractivity contribution in [2.24, 2.45) is 11.8 Å². The van der Waals surface area contributed by atoms with Gasteiger partial charge in [0.1, 0.15) is 0 Å². The van der Waals surface area contributed by atoms with Crippen LogP contribution in [-0.4, -0.2) is 0 Å². The summed E-state index contributed by atoms with van der Waals surface area (Å²) in [5.41, 5.74) is 0. The Labute approximate surface area is 73.5 Å². The third kappa shape index (κ3) is 939. The SMILES string of the molecule is [CH2-]C(C)C.[CH2-]C(C)C.[Os+2]. The molecule has 9 heavy (non-hydrogen) atoms. The molecule has 0 aliphatic heterocycles. The van der Waals surface area contributed by atoms with Crippen molar-refractivity contribution in [1.82, 2.24) is 0 Å². The Morgan fingerprint density at radius 1 is 0.778 bits per heavy atom. The molecule has 0 radical (unpaired) electrons. The molecular formula is C8H18Os. The molecule has 0 aliphatic carbocycles. The van der Waals surface area contributed by atoms with E-state index in [-0.39, 0.29) is 19.8 Å². The molecular weight excluding hydrogens is 286 g/mol. The number of rotatable bonds is 0. The summed E-state index contributed by atoms with van der Waals surface area (Å²) in [6.07, 6.45) is 0. The van der Waals surface area contributed by atoms with E-state index in [0.29, 0.717) is 11.8 Å². The summed E-state index contributed by atoms with van der Waals surface area (Å²) < 4.78 is 0. The van der Waals surface area contributed by atoms with E-state index in [1.54, 1.807) is 0 Å². The Bertz CT molecular complexity index is 20.0. The van der Waals surface area contributed by atoms with Crippen LogP contribution in [0.1, 0.15) is 27.7 Å². The smallest absolute Gasteiger partial charge is 0.341 e. The van der Waals surface area contributed by atoms with Crippen LogP contribution in [-0.2, 0) is 19.8 Å². The summed E-state index contributed by atoms with van der Waals surface area (Å²) in [4.78, 5) is 0. The van der Waals surface area contributed by atoms with Crippen molar-refractivity contribution < 1.29 is 19.8 Å². The summed E-state index contributed by atoms with van der Waals surface area (Å²) in [6, 6.07) is 0. The molecule has 0 nitrogen and oxygen atoms in total. The predicted octanol–water partition coefficient (Wildman–Crippen LogP) is 2.95. The number of hydrogen-bond donors (Lipinski definition) is 0. The van der Waals surface area contributed by atoms with Crippen molar-refractivity contribution in [2.45, 2.75) is 27.7 Å². The molecule has 0 aliphatic rings. The van der Waals surface area contributed by atoms with Crippen LogP contribution in [0.4, 0.5) is 0 Å². The van der Waals surface area contributed by atoms with Gasteiger partial charge >= 0.3 is 19.8 Å². The average Bonchev–Trinajstić information content (AvgIpc) is 1.25. The topological polar surface area (TPSA) is 0 Å². The monoisotopic (exact) mass is 306 g/mol. The first-order valence-electron chi connectivity index (χ1n) is 3.13. The van der Waals surface area contributed by atoms with Gasteiger partial charge in [-0.25, -0.2) is 0 Å². The quantitative estimate of drug-likeness (QED) is 0.604.